The predicted molar refractivity (Wildman–Crippen MR) is 143 cm³/mol. The Bertz CT molecular complexity index is 1560. The van der Waals surface area contributed by atoms with Crippen LogP contribution in [0.3, 0.4) is 0 Å². The molecule has 0 spiro atoms. The molecule has 2 aliphatic heterocycles. The lowest BCUT2D eigenvalue weighted by atomic mass is 9.66. The van der Waals surface area contributed by atoms with Crippen LogP contribution in [0.5, 0.6) is 28.7 Å². The third-order valence-electron chi connectivity index (χ3n) is 7.74. The molecule has 4 atom stereocenters. The molecular weight excluding hydrogens is 566 g/mol. The Kier molecular flexibility index (Phi) is 7.42. The van der Waals surface area contributed by atoms with E-state index in [2.05, 4.69) is 10.3 Å². The molecule has 14 heteroatoms. The van der Waals surface area contributed by atoms with Crippen LogP contribution in [0.1, 0.15) is 46.1 Å². The SMILES string of the molecule is CCOC(=O)c1cn(CC(=O)O[C@H]2c3cc4c(cc3[C@@H](c3cc(OC)c(OC)c(OC)c3)[C@H]3C(=O)OC[C@@H]32)OCO4)nn1. The highest BCUT2D eigenvalue weighted by Gasteiger charge is 2.54. The van der Waals surface area contributed by atoms with Crippen LogP contribution in [0, 0.1) is 11.8 Å². The van der Waals surface area contributed by atoms with Gasteiger partial charge in [0, 0.05) is 17.4 Å². The first kappa shape index (κ1) is 28.1. The van der Waals surface area contributed by atoms with Crippen molar-refractivity contribution in [2.24, 2.45) is 11.8 Å². The second-order valence-corrected chi connectivity index (χ2v) is 10.0. The molecule has 43 heavy (non-hydrogen) atoms. The average Bonchev–Trinajstić information content (AvgIpc) is 3.76. The highest BCUT2D eigenvalue weighted by molar-refractivity contribution is 5.86. The fourth-order valence-electron chi connectivity index (χ4n) is 5.93. The minimum absolute atomic E-state index is 0.0293. The van der Waals surface area contributed by atoms with Gasteiger partial charge in [0.2, 0.25) is 12.5 Å². The van der Waals surface area contributed by atoms with Gasteiger partial charge in [0.25, 0.3) is 0 Å². The number of ether oxygens (including phenoxy) is 8. The Morgan fingerprint density at radius 3 is 2.33 bits per heavy atom. The molecule has 6 rings (SSSR count). The van der Waals surface area contributed by atoms with Gasteiger partial charge in [-0.15, -0.1) is 5.10 Å². The molecular formula is C29H29N3O11. The topological polar surface area (TPSA) is 156 Å². The number of nitrogens with zero attached hydrogens (tertiary/aromatic N) is 3. The molecule has 2 aromatic carbocycles. The first-order valence-electron chi connectivity index (χ1n) is 13.5. The molecule has 3 aromatic rings. The van der Waals surface area contributed by atoms with E-state index in [-0.39, 0.29) is 32.2 Å². The molecule has 0 N–H and O–H groups in total. The zero-order chi connectivity index (χ0) is 30.2. The summed E-state index contributed by atoms with van der Waals surface area (Å²) in [6, 6.07) is 7.16. The van der Waals surface area contributed by atoms with Crippen LogP contribution in [0.25, 0.3) is 0 Å². The molecule has 1 saturated heterocycles. The van der Waals surface area contributed by atoms with Crippen molar-refractivity contribution in [2.45, 2.75) is 25.5 Å². The van der Waals surface area contributed by atoms with Gasteiger partial charge in [0.15, 0.2) is 28.7 Å². The number of methoxy groups -OCH3 is 3. The molecule has 226 valence electrons. The summed E-state index contributed by atoms with van der Waals surface area (Å²) in [4.78, 5) is 38.5. The number of rotatable bonds is 9. The summed E-state index contributed by atoms with van der Waals surface area (Å²) in [5, 5.41) is 7.60. The minimum Gasteiger partial charge on any atom is -0.493 e. The third kappa shape index (κ3) is 4.91. The maximum Gasteiger partial charge on any atom is 0.360 e. The van der Waals surface area contributed by atoms with Gasteiger partial charge < -0.3 is 37.9 Å². The Balaban J connectivity index is 1.40. The van der Waals surface area contributed by atoms with Gasteiger partial charge in [-0.2, -0.15) is 0 Å². The van der Waals surface area contributed by atoms with Crippen molar-refractivity contribution in [1.82, 2.24) is 15.0 Å². The first-order valence-corrected chi connectivity index (χ1v) is 13.5. The zero-order valence-corrected chi connectivity index (χ0v) is 23.9. The Labute approximate surface area is 245 Å². The second kappa shape index (κ2) is 11.3. The van der Waals surface area contributed by atoms with Crippen LogP contribution in [0.2, 0.25) is 0 Å². The summed E-state index contributed by atoms with van der Waals surface area (Å²) < 4.78 is 45.7. The fraction of sp³-hybridized carbons (Fsp3) is 0.414. The molecule has 0 saturated carbocycles. The van der Waals surface area contributed by atoms with E-state index in [1.54, 1.807) is 31.2 Å². The summed E-state index contributed by atoms with van der Waals surface area (Å²) >= 11 is 0. The second-order valence-electron chi connectivity index (χ2n) is 10.0. The van der Waals surface area contributed by atoms with E-state index in [9.17, 15) is 14.4 Å². The lowest BCUT2D eigenvalue weighted by molar-refractivity contribution is -0.155. The van der Waals surface area contributed by atoms with Crippen LogP contribution in [-0.2, 0) is 30.3 Å². The van der Waals surface area contributed by atoms with E-state index in [0.29, 0.717) is 45.4 Å². The molecule has 1 fully saturated rings. The van der Waals surface area contributed by atoms with E-state index >= 15 is 0 Å². The van der Waals surface area contributed by atoms with E-state index in [1.807, 2.05) is 0 Å². The van der Waals surface area contributed by atoms with Gasteiger partial charge >= 0.3 is 17.9 Å². The number of cyclic esters (lactones) is 1. The summed E-state index contributed by atoms with van der Waals surface area (Å²) in [6.45, 7) is 1.58. The number of carbonyl (C=O) groups excluding carboxylic acids is 3. The molecule has 14 nitrogen and oxygen atoms in total. The summed E-state index contributed by atoms with van der Waals surface area (Å²) in [6.07, 6.45) is 0.442. The fourth-order valence-corrected chi connectivity index (χ4v) is 5.93. The van der Waals surface area contributed by atoms with Crippen molar-refractivity contribution in [2.75, 3.05) is 41.3 Å². The standard InChI is InChI=1S/C29H29N3O11/c1-5-39-28(34)18-10-32(31-30-18)11-23(33)43-26-16-9-20-19(41-13-42-20)8-15(16)24(25-17(26)12-40-29(25)35)14-6-21(36-2)27(38-4)22(7-14)37-3/h6-10,17,24-26H,5,11-13H2,1-4H3/t17-,24+,25-,26-/m0/s1. The average molecular weight is 596 g/mol. The largest absolute Gasteiger partial charge is 0.493 e. The highest BCUT2D eigenvalue weighted by atomic mass is 16.7. The number of esters is 3. The van der Waals surface area contributed by atoms with Crippen LogP contribution in [0.4, 0.5) is 0 Å². The normalized spacial score (nSPS) is 21.3. The smallest absolute Gasteiger partial charge is 0.360 e. The quantitative estimate of drug-likeness (QED) is 0.263. The molecule has 0 unspecified atom stereocenters. The monoisotopic (exact) mass is 595 g/mol. The van der Waals surface area contributed by atoms with Crippen LogP contribution in [0.15, 0.2) is 30.5 Å². The lowest BCUT2D eigenvalue weighted by Gasteiger charge is -2.38. The predicted octanol–water partition coefficient (Wildman–Crippen LogP) is 2.43. The number of benzene rings is 2. The minimum atomic E-state index is -0.861. The number of aromatic nitrogens is 3. The first-order chi connectivity index (χ1) is 20.9. The maximum atomic E-state index is 13.3. The van der Waals surface area contributed by atoms with Gasteiger partial charge in [-0.1, -0.05) is 5.21 Å². The van der Waals surface area contributed by atoms with E-state index in [4.69, 9.17) is 37.9 Å². The van der Waals surface area contributed by atoms with E-state index in [0.717, 1.165) is 0 Å². The van der Waals surface area contributed by atoms with Crippen molar-refractivity contribution >= 4 is 17.9 Å². The lowest BCUT2D eigenvalue weighted by Crippen LogP contribution is -2.37. The Morgan fingerprint density at radius 1 is 0.977 bits per heavy atom. The van der Waals surface area contributed by atoms with E-state index < -0.39 is 41.8 Å². The molecule has 0 radical (unpaired) electrons. The van der Waals surface area contributed by atoms with Gasteiger partial charge in [0.1, 0.15) is 12.6 Å². The highest BCUT2D eigenvalue weighted by Crippen LogP contribution is 2.56. The molecule has 3 heterocycles. The summed E-state index contributed by atoms with van der Waals surface area (Å²) in [5.74, 6) is -1.26. The van der Waals surface area contributed by atoms with Crippen molar-refractivity contribution in [3.05, 3.63) is 52.8 Å². The molecule has 1 aromatic heterocycles. The van der Waals surface area contributed by atoms with Gasteiger partial charge in [0.05, 0.1) is 46.7 Å². The van der Waals surface area contributed by atoms with Crippen molar-refractivity contribution < 1.29 is 52.3 Å². The summed E-state index contributed by atoms with van der Waals surface area (Å²) in [7, 11) is 4.54. The molecule has 1 aliphatic carbocycles. The molecule has 0 amide bonds. The maximum absolute atomic E-state index is 13.3. The van der Waals surface area contributed by atoms with Crippen molar-refractivity contribution in [3.8, 4) is 28.7 Å². The molecule has 3 aliphatic rings. The van der Waals surface area contributed by atoms with Crippen molar-refractivity contribution in [1.29, 1.82) is 0 Å². The number of hydrogen-bond donors (Lipinski definition) is 0. The van der Waals surface area contributed by atoms with Crippen LogP contribution < -0.4 is 23.7 Å². The van der Waals surface area contributed by atoms with Gasteiger partial charge in [-0.3, -0.25) is 9.59 Å². The Morgan fingerprint density at radius 2 is 1.67 bits per heavy atom. The van der Waals surface area contributed by atoms with Gasteiger partial charge in [-0.25, -0.2) is 9.48 Å². The number of carbonyl (C=O) groups is 3. The van der Waals surface area contributed by atoms with Gasteiger partial charge in [-0.05, 0) is 42.3 Å². The third-order valence-corrected chi connectivity index (χ3v) is 7.74. The van der Waals surface area contributed by atoms with Crippen LogP contribution in [-0.4, -0.2) is 74.2 Å². The zero-order valence-electron chi connectivity index (χ0n) is 23.9. The van der Waals surface area contributed by atoms with E-state index in [1.165, 1.54) is 32.2 Å². The van der Waals surface area contributed by atoms with Crippen molar-refractivity contribution in [3.63, 3.8) is 0 Å². The summed E-state index contributed by atoms with van der Waals surface area (Å²) in [5.41, 5.74) is 2.01. The number of hydrogen-bond acceptors (Lipinski definition) is 13. The number of fused-ring (bicyclic) bond motifs is 3. The van der Waals surface area contributed by atoms with Crippen LogP contribution >= 0.6 is 0 Å². The molecule has 0 bridgehead atoms. The Hall–Kier alpha value is -5.01.